The molecule has 2 aliphatic rings. The number of aliphatic hydroxyl groups is 1. The van der Waals surface area contributed by atoms with Crippen LogP contribution in [0, 0.1) is 33.5 Å². The van der Waals surface area contributed by atoms with Gasteiger partial charge >= 0.3 is 0 Å². The van der Waals surface area contributed by atoms with Crippen LogP contribution in [-0.4, -0.2) is 93.5 Å². The zero-order valence-corrected chi connectivity index (χ0v) is 40.4. The van der Waals surface area contributed by atoms with Crippen molar-refractivity contribution in [3.8, 4) is 22.4 Å². The molecule has 0 bridgehead atoms. The second-order valence-corrected chi connectivity index (χ2v) is 20.8. The molecule has 4 N–H and O–H groups in total. The van der Waals surface area contributed by atoms with Gasteiger partial charge in [0.2, 0.25) is 11.8 Å². The molecular weight excluding hydrogens is 878 g/mol. The van der Waals surface area contributed by atoms with Gasteiger partial charge in [0.15, 0.2) is 5.78 Å². The molecule has 3 amide bonds. The topological polar surface area (TPSA) is 196 Å². The smallest absolute Gasteiger partial charge is 0.251 e. The lowest BCUT2D eigenvalue weighted by atomic mass is 9.49. The summed E-state index contributed by atoms with van der Waals surface area (Å²) in [5, 5.41) is 30.5. The highest BCUT2D eigenvalue weighted by molar-refractivity contribution is 7.09. The lowest BCUT2D eigenvalue weighted by Gasteiger charge is -2.63. The number of hydrogen-bond acceptors (Lipinski definition) is 12. The fourth-order valence-corrected chi connectivity index (χ4v) is 10.1. The van der Waals surface area contributed by atoms with Crippen LogP contribution >= 0.6 is 23.1 Å². The molecule has 1 unspecified atom stereocenters. The Morgan fingerprint density at radius 3 is 2.35 bits per heavy atom. The zero-order chi connectivity index (χ0) is 47.8. The molecule has 1 saturated heterocycles. The third kappa shape index (κ3) is 12.1. The Morgan fingerprint density at radius 1 is 1.00 bits per heavy atom. The van der Waals surface area contributed by atoms with Crippen molar-refractivity contribution in [1.29, 1.82) is 5.26 Å². The Labute approximate surface area is 397 Å². The Morgan fingerprint density at radius 2 is 1.71 bits per heavy atom. The molecule has 1 aliphatic heterocycles. The maximum Gasteiger partial charge on any atom is 0.251 e. The standard InChI is InChI=1S/C50H62ClN7O7S/c1-48(2,3)39(45(63)58-28-36(59)24-41(58)43(62)54-27-31-11-13-33(14-12-31)44-55-30-56-66-44)23-37(60)29-64-22-10-8-9-21-53-35-18-15-32(16-19-35)42(61)57-46-49(4,5)47(50(46,6)7)65-38-20-17-34(26-52)40(51)25-38/h11-20,25,30,36,39,41,46-47,53,59H,8-10,21-24,27-29H2,1-7H3,(H,54,62)(H,57,61)/t36-,39-,41?,46?,47?/m1/s1. The number of halogens is 1. The number of carbonyl (C=O) groups excluding carboxylic acids is 4. The average Bonchev–Trinajstić information content (AvgIpc) is 3.97. The molecule has 3 aromatic carbocycles. The van der Waals surface area contributed by atoms with Crippen LogP contribution in [0.3, 0.4) is 0 Å². The van der Waals surface area contributed by atoms with Crippen molar-refractivity contribution in [3.63, 3.8) is 0 Å². The minimum Gasteiger partial charge on any atom is -0.489 e. The number of carbonyl (C=O) groups is 4. The van der Waals surface area contributed by atoms with Crippen molar-refractivity contribution in [3.05, 3.63) is 94.8 Å². The van der Waals surface area contributed by atoms with E-state index >= 15 is 0 Å². The Hall–Kier alpha value is -5.40. The van der Waals surface area contributed by atoms with Gasteiger partial charge < -0.3 is 35.4 Å². The van der Waals surface area contributed by atoms with Crippen molar-refractivity contribution >= 4 is 52.3 Å². The van der Waals surface area contributed by atoms with Crippen molar-refractivity contribution in [2.45, 2.75) is 111 Å². The highest BCUT2D eigenvalue weighted by atomic mass is 35.5. The summed E-state index contributed by atoms with van der Waals surface area (Å²) in [4.78, 5) is 59.6. The molecule has 1 saturated carbocycles. The lowest BCUT2D eigenvalue weighted by Crippen LogP contribution is -2.74. The maximum atomic E-state index is 14.0. The third-order valence-electron chi connectivity index (χ3n) is 12.8. The van der Waals surface area contributed by atoms with Gasteiger partial charge in [-0.25, -0.2) is 4.98 Å². The predicted octanol–water partition coefficient (Wildman–Crippen LogP) is 7.84. The van der Waals surface area contributed by atoms with E-state index < -0.39 is 23.5 Å². The van der Waals surface area contributed by atoms with Gasteiger partial charge in [0, 0.05) is 84.8 Å². The molecule has 1 aromatic heterocycles. The summed E-state index contributed by atoms with van der Waals surface area (Å²) in [6.45, 7) is 15.3. The molecule has 14 nitrogen and oxygen atoms in total. The van der Waals surface area contributed by atoms with Crippen LogP contribution < -0.4 is 20.7 Å². The number of amides is 3. The van der Waals surface area contributed by atoms with Crippen molar-refractivity contribution in [1.82, 2.24) is 24.9 Å². The number of benzene rings is 3. The number of unbranched alkanes of at least 4 members (excludes halogenated alkanes) is 2. The predicted molar refractivity (Wildman–Crippen MR) is 255 cm³/mol. The number of rotatable bonds is 20. The molecule has 6 rings (SSSR count). The normalized spacial score (nSPS) is 20.1. The maximum absolute atomic E-state index is 14.0. The number of ketones is 1. The van der Waals surface area contributed by atoms with Gasteiger partial charge in [0.1, 0.15) is 41.9 Å². The van der Waals surface area contributed by atoms with E-state index in [-0.39, 0.29) is 79.0 Å². The van der Waals surface area contributed by atoms with E-state index in [2.05, 4.69) is 59.1 Å². The van der Waals surface area contributed by atoms with E-state index in [4.69, 9.17) is 21.1 Å². The summed E-state index contributed by atoms with van der Waals surface area (Å²) < 4.78 is 16.1. The van der Waals surface area contributed by atoms with Crippen LogP contribution in [0.25, 0.3) is 10.6 Å². The fourth-order valence-electron chi connectivity index (χ4n) is 9.40. The quantitative estimate of drug-likeness (QED) is 0.0631. The van der Waals surface area contributed by atoms with Crippen LogP contribution in [-0.2, 0) is 25.7 Å². The first-order valence-corrected chi connectivity index (χ1v) is 23.7. The van der Waals surface area contributed by atoms with E-state index in [1.807, 2.05) is 57.2 Å². The largest absolute Gasteiger partial charge is 0.489 e. The van der Waals surface area contributed by atoms with Crippen LogP contribution in [0.15, 0.2) is 73.1 Å². The van der Waals surface area contributed by atoms with E-state index in [1.54, 1.807) is 30.3 Å². The number of hydrogen-bond donors (Lipinski definition) is 4. The van der Waals surface area contributed by atoms with Gasteiger partial charge in [-0.15, -0.1) is 0 Å². The molecule has 66 heavy (non-hydrogen) atoms. The Bertz CT molecular complexity index is 2350. The highest BCUT2D eigenvalue weighted by Gasteiger charge is 2.64. The summed E-state index contributed by atoms with van der Waals surface area (Å²) in [5.41, 5.74) is 2.33. The van der Waals surface area contributed by atoms with Crippen molar-refractivity contribution in [2.24, 2.45) is 22.2 Å². The summed E-state index contributed by atoms with van der Waals surface area (Å²) in [5.74, 6) is -1.15. The highest BCUT2D eigenvalue weighted by Crippen LogP contribution is 2.55. The molecule has 3 atom stereocenters. The number of Topliss-reactive ketones (excluding diaryl/α,β-unsaturated/α-hetero) is 1. The van der Waals surface area contributed by atoms with Gasteiger partial charge in [-0.05, 0) is 78.2 Å². The molecule has 2 heterocycles. The van der Waals surface area contributed by atoms with Gasteiger partial charge in [-0.2, -0.15) is 9.64 Å². The first-order chi connectivity index (χ1) is 31.3. The molecule has 0 spiro atoms. The third-order valence-corrected chi connectivity index (χ3v) is 13.8. The monoisotopic (exact) mass is 939 g/mol. The van der Waals surface area contributed by atoms with E-state index in [1.165, 1.54) is 22.8 Å². The minimum absolute atomic E-state index is 0.0258. The van der Waals surface area contributed by atoms with E-state index in [9.17, 15) is 29.5 Å². The molecule has 16 heteroatoms. The van der Waals surface area contributed by atoms with Gasteiger partial charge in [0.25, 0.3) is 5.91 Å². The minimum atomic E-state index is -0.845. The summed E-state index contributed by atoms with van der Waals surface area (Å²) in [7, 11) is 0. The van der Waals surface area contributed by atoms with Crippen molar-refractivity contribution in [2.75, 3.05) is 31.6 Å². The fraction of sp³-hybridized carbons (Fsp3) is 0.500. The first kappa shape index (κ1) is 50.0. The SMILES string of the molecule is CC1(C)C(NC(=O)c2ccc(NCCCCCOCC(=O)C[C@H](C(=O)N3C[C@H](O)CC3C(=O)NCc3ccc(-c4ncns4)cc3)C(C)(C)C)cc2)C(C)(C)C1Oc1ccc(C#N)c(Cl)c1. The van der Waals surface area contributed by atoms with Gasteiger partial charge in [-0.3, -0.25) is 19.2 Å². The molecule has 4 aromatic rings. The average molecular weight is 941 g/mol. The van der Waals surface area contributed by atoms with Crippen LogP contribution in [0.4, 0.5) is 5.69 Å². The van der Waals surface area contributed by atoms with E-state index in [0.717, 1.165) is 47.6 Å². The first-order valence-electron chi connectivity index (χ1n) is 22.5. The number of nitrogens with one attached hydrogen (secondary N) is 3. The summed E-state index contributed by atoms with van der Waals surface area (Å²) in [6, 6.07) is 21.1. The molecule has 2 fully saturated rings. The second-order valence-electron chi connectivity index (χ2n) is 19.6. The summed E-state index contributed by atoms with van der Waals surface area (Å²) >= 11 is 7.54. The number of nitrogens with zero attached hydrogens (tertiary/aromatic N) is 4. The second kappa shape index (κ2) is 21.5. The Kier molecular flexibility index (Phi) is 16.3. The number of ether oxygens (including phenoxy) is 2. The number of aromatic nitrogens is 2. The van der Waals surface area contributed by atoms with Crippen LogP contribution in [0.5, 0.6) is 5.75 Å². The van der Waals surface area contributed by atoms with Crippen molar-refractivity contribution < 1.29 is 33.8 Å². The zero-order valence-electron chi connectivity index (χ0n) is 38.9. The van der Waals surface area contributed by atoms with Crippen LogP contribution in [0.2, 0.25) is 5.02 Å². The number of likely N-dealkylation sites (tertiary alicyclic amines) is 1. The number of aliphatic hydroxyl groups excluding tert-OH is 1. The van der Waals surface area contributed by atoms with Gasteiger partial charge in [0.05, 0.1) is 16.7 Å². The number of nitriles is 1. The molecule has 0 radical (unpaired) electrons. The van der Waals surface area contributed by atoms with Gasteiger partial charge in [-0.1, -0.05) is 84.3 Å². The van der Waals surface area contributed by atoms with E-state index in [0.29, 0.717) is 28.5 Å². The number of anilines is 1. The molecule has 352 valence electrons. The Balaban J connectivity index is 0.875. The molecular formula is C50H62ClN7O7S. The lowest BCUT2D eigenvalue weighted by molar-refractivity contribution is -0.164. The summed E-state index contributed by atoms with van der Waals surface area (Å²) in [6.07, 6.45) is 3.06. The van der Waals surface area contributed by atoms with Crippen LogP contribution in [0.1, 0.15) is 102 Å². The molecule has 1 aliphatic carbocycles. The number of β-amino-alcohol motifs (C(OH)–C–C–N with tert-alkyl or cyclic N) is 1.